The highest BCUT2D eigenvalue weighted by atomic mass is 16.5. The fourth-order valence-electron chi connectivity index (χ4n) is 3.38. The number of hydrogen-bond donors (Lipinski definition) is 1. The standard InChI is InChI=1S/C22H24N4O3/c1-2-29-19-10-6-3-7-16(19)15-23-22(27)20-24-18-9-5-4-8-17(18)21(25-20)26-11-13-28-14-12-26/h3-10H,2,11-15H2,1H3,(H,23,27). The van der Waals surface area contributed by atoms with Gasteiger partial charge in [-0.1, -0.05) is 30.3 Å². The van der Waals surface area contributed by atoms with E-state index >= 15 is 0 Å². The predicted molar refractivity (Wildman–Crippen MR) is 111 cm³/mol. The van der Waals surface area contributed by atoms with Crippen LogP contribution in [0.25, 0.3) is 10.9 Å². The molecule has 4 rings (SSSR count). The van der Waals surface area contributed by atoms with Crippen LogP contribution in [-0.2, 0) is 11.3 Å². The van der Waals surface area contributed by atoms with E-state index in [-0.39, 0.29) is 11.7 Å². The molecule has 1 fully saturated rings. The van der Waals surface area contributed by atoms with Crippen molar-refractivity contribution in [2.24, 2.45) is 0 Å². The van der Waals surface area contributed by atoms with E-state index < -0.39 is 0 Å². The minimum atomic E-state index is -0.309. The lowest BCUT2D eigenvalue weighted by molar-refractivity contribution is 0.0940. The Hall–Kier alpha value is -3.19. The Kier molecular flexibility index (Phi) is 5.86. The molecule has 2 aromatic carbocycles. The molecule has 7 heteroatoms. The van der Waals surface area contributed by atoms with Crippen molar-refractivity contribution in [1.29, 1.82) is 0 Å². The van der Waals surface area contributed by atoms with Gasteiger partial charge in [-0.05, 0) is 25.1 Å². The Morgan fingerprint density at radius 2 is 1.86 bits per heavy atom. The highest BCUT2D eigenvalue weighted by molar-refractivity contribution is 5.96. The minimum absolute atomic E-state index is 0.166. The number of benzene rings is 2. The van der Waals surface area contributed by atoms with Gasteiger partial charge in [0, 0.05) is 30.6 Å². The van der Waals surface area contributed by atoms with Crippen LogP contribution in [0.15, 0.2) is 48.5 Å². The zero-order valence-corrected chi connectivity index (χ0v) is 16.4. The Labute approximate surface area is 169 Å². The zero-order chi connectivity index (χ0) is 20.1. The van der Waals surface area contributed by atoms with Gasteiger partial charge in [0.15, 0.2) is 0 Å². The van der Waals surface area contributed by atoms with Gasteiger partial charge in [0.05, 0.1) is 25.3 Å². The summed E-state index contributed by atoms with van der Waals surface area (Å²) in [6.07, 6.45) is 0. The Morgan fingerprint density at radius 3 is 2.69 bits per heavy atom. The number of nitrogens with zero attached hydrogens (tertiary/aromatic N) is 3. The van der Waals surface area contributed by atoms with Crippen molar-refractivity contribution < 1.29 is 14.3 Å². The molecule has 2 heterocycles. The number of hydrogen-bond acceptors (Lipinski definition) is 6. The number of amides is 1. The quantitative estimate of drug-likeness (QED) is 0.695. The molecule has 150 valence electrons. The smallest absolute Gasteiger partial charge is 0.289 e. The molecule has 1 aliphatic rings. The number of ether oxygens (including phenoxy) is 2. The van der Waals surface area contributed by atoms with Crippen LogP contribution in [0.1, 0.15) is 23.1 Å². The molecule has 1 amide bonds. The number of aromatic nitrogens is 2. The first-order valence-electron chi connectivity index (χ1n) is 9.84. The topological polar surface area (TPSA) is 76.6 Å². The van der Waals surface area contributed by atoms with Gasteiger partial charge in [-0.25, -0.2) is 9.97 Å². The molecule has 0 radical (unpaired) electrons. The third-order valence-electron chi connectivity index (χ3n) is 4.81. The van der Waals surface area contributed by atoms with E-state index in [9.17, 15) is 4.79 Å². The molecule has 29 heavy (non-hydrogen) atoms. The van der Waals surface area contributed by atoms with E-state index in [2.05, 4.69) is 20.2 Å². The Morgan fingerprint density at radius 1 is 1.10 bits per heavy atom. The van der Waals surface area contributed by atoms with E-state index in [4.69, 9.17) is 9.47 Å². The summed E-state index contributed by atoms with van der Waals surface area (Å²) in [5, 5.41) is 3.86. The largest absolute Gasteiger partial charge is 0.494 e. The second kappa shape index (κ2) is 8.87. The molecule has 1 saturated heterocycles. The summed E-state index contributed by atoms with van der Waals surface area (Å²) in [7, 11) is 0. The molecule has 3 aromatic rings. The third kappa shape index (κ3) is 4.30. The van der Waals surface area contributed by atoms with Crippen molar-refractivity contribution in [3.8, 4) is 5.75 Å². The first-order valence-corrected chi connectivity index (χ1v) is 9.84. The van der Waals surface area contributed by atoms with Crippen molar-refractivity contribution >= 4 is 22.6 Å². The van der Waals surface area contributed by atoms with Crippen LogP contribution in [0.3, 0.4) is 0 Å². The van der Waals surface area contributed by atoms with Gasteiger partial charge in [-0.2, -0.15) is 0 Å². The number of carbonyl (C=O) groups is 1. The maximum Gasteiger partial charge on any atom is 0.289 e. The van der Waals surface area contributed by atoms with Gasteiger partial charge >= 0.3 is 0 Å². The molecule has 0 unspecified atom stereocenters. The maximum absolute atomic E-state index is 12.8. The molecule has 0 saturated carbocycles. The van der Waals surface area contributed by atoms with Crippen LogP contribution < -0.4 is 15.0 Å². The van der Waals surface area contributed by atoms with Crippen LogP contribution in [-0.4, -0.2) is 48.8 Å². The first-order chi connectivity index (χ1) is 14.3. The van der Waals surface area contributed by atoms with Crippen molar-refractivity contribution in [3.63, 3.8) is 0 Å². The molecule has 0 atom stereocenters. The normalized spacial score (nSPS) is 14.0. The number of anilines is 1. The van der Waals surface area contributed by atoms with Crippen LogP contribution in [0.2, 0.25) is 0 Å². The van der Waals surface area contributed by atoms with Crippen molar-refractivity contribution in [2.45, 2.75) is 13.5 Å². The average Bonchev–Trinajstić information content (AvgIpc) is 2.78. The SMILES string of the molecule is CCOc1ccccc1CNC(=O)c1nc(N2CCOCC2)c2ccccc2n1. The third-order valence-corrected chi connectivity index (χ3v) is 4.81. The molecule has 7 nitrogen and oxygen atoms in total. The Balaban J connectivity index is 1.59. The van der Waals surface area contributed by atoms with Crippen LogP contribution in [0, 0.1) is 0 Å². The summed E-state index contributed by atoms with van der Waals surface area (Å²) in [4.78, 5) is 24.1. The molecule has 1 N–H and O–H groups in total. The monoisotopic (exact) mass is 392 g/mol. The molecule has 1 aromatic heterocycles. The molecule has 1 aliphatic heterocycles. The van der Waals surface area contributed by atoms with Gasteiger partial charge in [0.2, 0.25) is 5.82 Å². The summed E-state index contributed by atoms with van der Waals surface area (Å²) in [5.41, 5.74) is 1.67. The number of para-hydroxylation sites is 2. The number of nitrogens with one attached hydrogen (secondary N) is 1. The Bertz CT molecular complexity index is 1000. The van der Waals surface area contributed by atoms with Crippen molar-refractivity contribution in [1.82, 2.24) is 15.3 Å². The van der Waals surface area contributed by atoms with E-state index in [1.54, 1.807) is 0 Å². The fourth-order valence-corrected chi connectivity index (χ4v) is 3.38. The highest BCUT2D eigenvalue weighted by Crippen LogP contribution is 2.25. The molecular formula is C22H24N4O3. The second-order valence-electron chi connectivity index (χ2n) is 6.71. The number of morpholine rings is 1. The predicted octanol–water partition coefficient (Wildman–Crippen LogP) is 2.80. The van der Waals surface area contributed by atoms with Crippen LogP contribution >= 0.6 is 0 Å². The van der Waals surface area contributed by atoms with E-state index in [1.807, 2.05) is 55.5 Å². The lowest BCUT2D eigenvalue weighted by Crippen LogP contribution is -2.37. The number of fused-ring (bicyclic) bond motifs is 1. The van der Waals surface area contributed by atoms with Crippen LogP contribution in [0.4, 0.5) is 5.82 Å². The van der Waals surface area contributed by atoms with Crippen LogP contribution in [0.5, 0.6) is 5.75 Å². The van der Waals surface area contributed by atoms with Crippen molar-refractivity contribution in [2.75, 3.05) is 37.8 Å². The second-order valence-corrected chi connectivity index (χ2v) is 6.71. The summed E-state index contributed by atoms with van der Waals surface area (Å²) < 4.78 is 11.1. The molecule has 0 spiro atoms. The summed E-state index contributed by atoms with van der Waals surface area (Å²) >= 11 is 0. The van der Waals surface area contributed by atoms with Gasteiger partial charge in [0.25, 0.3) is 5.91 Å². The fraction of sp³-hybridized carbons (Fsp3) is 0.318. The van der Waals surface area contributed by atoms with Gasteiger partial charge in [-0.15, -0.1) is 0 Å². The zero-order valence-electron chi connectivity index (χ0n) is 16.4. The van der Waals surface area contributed by atoms with E-state index in [0.29, 0.717) is 26.4 Å². The number of carbonyl (C=O) groups excluding carboxylic acids is 1. The molecule has 0 bridgehead atoms. The van der Waals surface area contributed by atoms with E-state index in [1.165, 1.54) is 0 Å². The first kappa shape index (κ1) is 19.1. The lowest BCUT2D eigenvalue weighted by Gasteiger charge is -2.28. The lowest BCUT2D eigenvalue weighted by atomic mass is 10.2. The summed E-state index contributed by atoms with van der Waals surface area (Å²) in [6.45, 7) is 5.63. The average molecular weight is 392 g/mol. The van der Waals surface area contributed by atoms with E-state index in [0.717, 1.165) is 41.1 Å². The molecule has 0 aliphatic carbocycles. The number of rotatable bonds is 6. The summed E-state index contributed by atoms with van der Waals surface area (Å²) in [5.74, 6) is 1.40. The van der Waals surface area contributed by atoms with Crippen molar-refractivity contribution in [3.05, 3.63) is 59.9 Å². The highest BCUT2D eigenvalue weighted by Gasteiger charge is 2.20. The minimum Gasteiger partial charge on any atom is -0.494 e. The van der Waals surface area contributed by atoms with Gasteiger partial charge < -0.3 is 19.7 Å². The summed E-state index contributed by atoms with van der Waals surface area (Å²) in [6, 6.07) is 15.4. The van der Waals surface area contributed by atoms with Gasteiger partial charge in [0.1, 0.15) is 11.6 Å². The molecular weight excluding hydrogens is 368 g/mol. The van der Waals surface area contributed by atoms with Gasteiger partial charge in [-0.3, -0.25) is 4.79 Å². The maximum atomic E-state index is 12.8.